The molecule has 0 aromatic rings. The molecule has 0 rings (SSSR count). The molecule has 0 spiro atoms. The minimum atomic E-state index is -5.61. The Balaban J connectivity index is 0. The fourth-order valence-electron chi connectivity index (χ4n) is 0. The van der Waals surface area contributed by atoms with Gasteiger partial charge in [0, 0.05) is 0 Å². The molecule has 0 saturated carbocycles. The Kier molecular flexibility index (Phi) is 4.42. The molecule has 0 fully saturated rings. The molecule has 4 nitrogen and oxygen atoms in total. The third-order valence-corrected chi connectivity index (χ3v) is 0. The van der Waals surface area contributed by atoms with Crippen LogP contribution in [0.1, 0.15) is 0 Å². The maximum absolute atomic E-state index is 8.58. The fraction of sp³-hybridized carbons (Fsp3) is 0. The van der Waals surface area contributed by atoms with Gasteiger partial charge in [0.15, 0.2) is 0 Å². The van der Waals surface area contributed by atoms with Gasteiger partial charge in [-0.05, 0) is 0 Å². The third-order valence-electron chi connectivity index (χ3n) is 0. The van der Waals surface area contributed by atoms with Gasteiger partial charge in [-0.3, -0.25) is 0 Å². The molecule has 0 bridgehead atoms. The molecule has 0 aliphatic heterocycles. The molecule has 0 heterocycles. The van der Waals surface area contributed by atoms with Crippen LogP contribution in [0.5, 0.6) is 0 Å². The summed E-state index contributed by atoms with van der Waals surface area (Å²) in [5.74, 6) is 0. The third kappa shape index (κ3) is 170. The first-order valence-electron chi connectivity index (χ1n) is 0.816. The van der Waals surface area contributed by atoms with Crippen LogP contribution in [0.2, 0.25) is 0 Å². The quantitative estimate of drug-likeness (QED) is 0.318. The van der Waals surface area contributed by atoms with E-state index in [1.165, 1.54) is 0 Å². The van der Waals surface area contributed by atoms with Crippen molar-refractivity contribution in [2.45, 2.75) is 0 Å². The van der Waals surface area contributed by atoms with Crippen molar-refractivity contribution in [1.82, 2.24) is 0 Å². The average molecular weight is 144 g/mol. The van der Waals surface area contributed by atoms with Crippen LogP contribution in [0.3, 0.4) is 0 Å². The van der Waals surface area contributed by atoms with Crippen molar-refractivity contribution in [2.75, 3.05) is 0 Å². The zero-order valence-electron chi connectivity index (χ0n) is 2.54. The minimum Gasteiger partial charge on any atom is -0.894 e. The van der Waals surface area contributed by atoms with Crippen LogP contribution >= 0.6 is 0 Å². The normalized spacial score (nSPS) is 10.0. The van der Waals surface area contributed by atoms with Crippen molar-refractivity contribution in [3.63, 3.8) is 0 Å². The summed E-state index contributed by atoms with van der Waals surface area (Å²) in [6.45, 7) is 0. The Morgan fingerprint density at radius 3 is 0.833 bits per heavy atom. The molecule has 0 aliphatic rings. The average Bonchev–Trinajstić information content (AvgIpc) is 0.722. The van der Waals surface area contributed by atoms with Crippen molar-refractivity contribution in [2.24, 2.45) is 0 Å². The first kappa shape index (κ1) is 9.77. The first-order chi connectivity index (χ1) is 2.00. The van der Waals surface area contributed by atoms with Gasteiger partial charge in [0.25, 0.3) is 0 Å². The van der Waals surface area contributed by atoms with Gasteiger partial charge in [-0.25, -0.2) is 0 Å². The van der Waals surface area contributed by atoms with E-state index in [0.717, 1.165) is 0 Å². The second kappa shape index (κ2) is 2.71. The van der Waals surface area contributed by atoms with E-state index in [1.54, 1.807) is 0 Å². The van der Waals surface area contributed by atoms with Crippen LogP contribution in [0.25, 0.3) is 0 Å². The molecule has 6 heavy (non-hydrogen) atoms. The zero-order valence-corrected chi connectivity index (χ0v) is 4.82. The number of rotatable bonds is 0. The van der Waals surface area contributed by atoms with Crippen LogP contribution in [0, 0.1) is 0 Å². The molecular formula is CrO4Si. The topological polar surface area (TPSA) is 92.2 Å². The van der Waals surface area contributed by atoms with Gasteiger partial charge in [-0.1, -0.05) is 0 Å². The largest absolute Gasteiger partial charge is 4.00 e. The van der Waals surface area contributed by atoms with E-state index in [4.69, 9.17) is 19.2 Å². The summed E-state index contributed by atoms with van der Waals surface area (Å²) in [6.07, 6.45) is 0. The van der Waals surface area contributed by atoms with Crippen molar-refractivity contribution in [3.8, 4) is 0 Å². The molecule has 0 aromatic carbocycles. The molecular weight excluding hydrogens is 144 g/mol. The standard InChI is InChI=1S/Cr.O4Si/c;1-5(2,3)4/q+4;-4. The summed E-state index contributed by atoms with van der Waals surface area (Å²) < 4.78 is 0. The predicted molar refractivity (Wildman–Crippen MR) is 5.75 cm³/mol. The summed E-state index contributed by atoms with van der Waals surface area (Å²) in [4.78, 5) is 34.3. The maximum atomic E-state index is 8.58. The molecule has 0 saturated heterocycles. The van der Waals surface area contributed by atoms with Gasteiger partial charge in [0.05, 0.1) is 0 Å². The summed E-state index contributed by atoms with van der Waals surface area (Å²) in [7, 11) is -5.61. The van der Waals surface area contributed by atoms with Gasteiger partial charge < -0.3 is 28.2 Å². The van der Waals surface area contributed by atoms with Crippen molar-refractivity contribution in [1.29, 1.82) is 0 Å². The molecule has 0 radical (unpaired) electrons. The van der Waals surface area contributed by atoms with Gasteiger partial charge in [0.2, 0.25) is 0 Å². The summed E-state index contributed by atoms with van der Waals surface area (Å²) in [6, 6.07) is 0. The Labute approximate surface area is 46.3 Å². The molecule has 34 valence electrons. The molecule has 6 heteroatoms. The summed E-state index contributed by atoms with van der Waals surface area (Å²) >= 11 is 0. The molecule has 0 unspecified atom stereocenters. The van der Waals surface area contributed by atoms with E-state index < -0.39 is 9.05 Å². The molecule has 0 N–H and O–H groups in total. The van der Waals surface area contributed by atoms with Gasteiger partial charge in [0.1, 0.15) is 0 Å². The SMILES string of the molecule is [Cr+4].[O-][Si]([O-])([O-])[O-]. The molecule has 0 atom stereocenters. The molecule has 0 amide bonds. The van der Waals surface area contributed by atoms with E-state index in [1.807, 2.05) is 0 Å². The van der Waals surface area contributed by atoms with Crippen LogP contribution in [-0.2, 0) is 17.4 Å². The summed E-state index contributed by atoms with van der Waals surface area (Å²) in [5.41, 5.74) is 0. The Bertz CT molecular complexity index is 23.0. The van der Waals surface area contributed by atoms with Crippen molar-refractivity contribution in [3.05, 3.63) is 0 Å². The molecule has 0 aromatic heterocycles. The fourth-order valence-corrected chi connectivity index (χ4v) is 0. The minimum absolute atomic E-state index is 0. The van der Waals surface area contributed by atoms with Gasteiger partial charge in [-0.15, -0.1) is 0 Å². The van der Waals surface area contributed by atoms with E-state index in [0.29, 0.717) is 0 Å². The Morgan fingerprint density at radius 2 is 0.833 bits per heavy atom. The second-order valence-corrected chi connectivity index (χ2v) is 1.50. The predicted octanol–water partition coefficient (Wildman–Crippen LogP) is -5.14. The molecule has 0 aliphatic carbocycles. The van der Waals surface area contributed by atoms with Gasteiger partial charge >= 0.3 is 17.4 Å². The Morgan fingerprint density at radius 1 is 0.833 bits per heavy atom. The van der Waals surface area contributed by atoms with Crippen LogP contribution in [0.4, 0.5) is 0 Å². The zero-order chi connectivity index (χ0) is 4.50. The number of hydrogen-bond donors (Lipinski definition) is 0. The maximum Gasteiger partial charge on any atom is 4.00 e. The smallest absolute Gasteiger partial charge is 0.894 e. The second-order valence-electron chi connectivity index (χ2n) is 0.500. The van der Waals surface area contributed by atoms with Gasteiger partial charge in [-0.2, -0.15) is 0 Å². The van der Waals surface area contributed by atoms with Crippen LogP contribution < -0.4 is 19.2 Å². The Hall–Kier alpha value is 0.589. The van der Waals surface area contributed by atoms with Crippen molar-refractivity contribution >= 4 is 9.05 Å². The van der Waals surface area contributed by atoms with Crippen LogP contribution in [-0.4, -0.2) is 9.05 Å². The first-order valence-corrected chi connectivity index (χ1v) is 2.45. The summed E-state index contributed by atoms with van der Waals surface area (Å²) in [5, 5.41) is 0. The van der Waals surface area contributed by atoms with Crippen molar-refractivity contribution < 1.29 is 36.5 Å². The van der Waals surface area contributed by atoms with E-state index in [9.17, 15) is 0 Å². The number of hydrogen-bond acceptors (Lipinski definition) is 4. The van der Waals surface area contributed by atoms with E-state index in [2.05, 4.69) is 0 Å². The van der Waals surface area contributed by atoms with E-state index in [-0.39, 0.29) is 17.4 Å². The van der Waals surface area contributed by atoms with E-state index >= 15 is 0 Å². The van der Waals surface area contributed by atoms with Crippen LogP contribution in [0.15, 0.2) is 0 Å². The monoisotopic (exact) mass is 144 g/mol.